The van der Waals surface area contributed by atoms with Crippen LogP contribution in [0.4, 0.5) is 5.69 Å². The third kappa shape index (κ3) is 3.13. The molecule has 3 aromatic heterocycles. The zero-order valence-electron chi connectivity index (χ0n) is 16.7. The van der Waals surface area contributed by atoms with Crippen LogP contribution in [0.5, 0.6) is 0 Å². The van der Waals surface area contributed by atoms with E-state index in [0.717, 1.165) is 29.2 Å². The molecule has 4 heterocycles. The lowest BCUT2D eigenvalue weighted by Gasteiger charge is -2.41. The minimum atomic E-state index is -0.237. The molecule has 1 N–H and O–H groups in total. The van der Waals surface area contributed by atoms with Crippen molar-refractivity contribution in [3.63, 3.8) is 0 Å². The van der Waals surface area contributed by atoms with Crippen molar-refractivity contribution in [2.75, 3.05) is 18.5 Å². The van der Waals surface area contributed by atoms with Crippen molar-refractivity contribution in [1.29, 1.82) is 0 Å². The number of nitrogens with one attached hydrogen (secondary N) is 1. The lowest BCUT2D eigenvalue weighted by molar-refractivity contribution is -0.0610. The molecule has 9 heteroatoms. The number of anilines is 1. The molecule has 0 atom stereocenters. The molecule has 1 saturated heterocycles. The third-order valence-electron chi connectivity index (χ3n) is 5.51. The van der Waals surface area contributed by atoms with Crippen molar-refractivity contribution in [3.8, 4) is 0 Å². The Morgan fingerprint density at radius 1 is 1.27 bits per heavy atom. The van der Waals surface area contributed by atoms with Crippen LogP contribution in [-0.4, -0.2) is 48.5 Å². The number of benzene rings is 1. The number of amides is 1. The smallest absolute Gasteiger partial charge is 0.274 e. The van der Waals surface area contributed by atoms with E-state index < -0.39 is 0 Å². The molecule has 0 unspecified atom stereocenters. The first kappa shape index (κ1) is 18.4. The fourth-order valence-corrected chi connectivity index (χ4v) is 3.81. The summed E-state index contributed by atoms with van der Waals surface area (Å²) in [6.07, 6.45) is 4.05. The van der Waals surface area contributed by atoms with Crippen LogP contribution in [0.15, 0.2) is 48.9 Å². The van der Waals surface area contributed by atoms with E-state index in [1.54, 1.807) is 29.2 Å². The van der Waals surface area contributed by atoms with E-state index in [1.807, 2.05) is 36.7 Å². The van der Waals surface area contributed by atoms with Crippen LogP contribution in [-0.2, 0) is 23.6 Å². The van der Waals surface area contributed by atoms with Crippen molar-refractivity contribution in [3.05, 3.63) is 71.7 Å². The van der Waals surface area contributed by atoms with Crippen molar-refractivity contribution in [2.45, 2.75) is 18.8 Å². The van der Waals surface area contributed by atoms with Gasteiger partial charge in [0.15, 0.2) is 5.65 Å². The summed E-state index contributed by atoms with van der Waals surface area (Å²) >= 11 is 0. The highest BCUT2D eigenvalue weighted by molar-refractivity contribution is 6.03. The Hall–Kier alpha value is -3.59. The van der Waals surface area contributed by atoms with Crippen LogP contribution in [0, 0.1) is 6.92 Å². The molecule has 4 aromatic rings. The van der Waals surface area contributed by atoms with Gasteiger partial charge in [0.05, 0.1) is 19.4 Å². The summed E-state index contributed by atoms with van der Waals surface area (Å²) in [6, 6.07) is 11.4. The van der Waals surface area contributed by atoms with Gasteiger partial charge >= 0.3 is 0 Å². The number of ether oxygens (including phenoxy) is 1. The summed E-state index contributed by atoms with van der Waals surface area (Å²) < 4.78 is 9.03. The Morgan fingerprint density at radius 3 is 2.87 bits per heavy atom. The van der Waals surface area contributed by atoms with E-state index in [1.165, 1.54) is 0 Å². The Balaban J connectivity index is 1.43. The molecule has 152 valence electrons. The molecule has 1 aliphatic rings. The Labute approximate surface area is 172 Å². The number of nitrogens with zero attached hydrogens (tertiary/aromatic N) is 6. The van der Waals surface area contributed by atoms with Crippen molar-refractivity contribution in [1.82, 2.24) is 29.4 Å². The second-order valence-corrected chi connectivity index (χ2v) is 7.73. The molecule has 0 aliphatic carbocycles. The number of carbonyl (C=O) groups excluding carboxylic acids is 1. The maximum atomic E-state index is 13.0. The fraction of sp³-hybridized carbons (Fsp3) is 0.286. The molecular weight excluding hydrogens is 382 g/mol. The highest BCUT2D eigenvalue weighted by atomic mass is 16.5. The van der Waals surface area contributed by atoms with Gasteiger partial charge in [0, 0.05) is 36.3 Å². The quantitative estimate of drug-likeness (QED) is 0.547. The average Bonchev–Trinajstić information content (AvgIpc) is 3.32. The zero-order valence-corrected chi connectivity index (χ0v) is 16.7. The molecule has 0 saturated carbocycles. The summed E-state index contributed by atoms with van der Waals surface area (Å²) in [6.45, 7) is 3.07. The number of hydrogen-bond donors (Lipinski definition) is 1. The summed E-state index contributed by atoms with van der Waals surface area (Å²) in [5.74, 6) is 0.666. The second-order valence-electron chi connectivity index (χ2n) is 7.73. The summed E-state index contributed by atoms with van der Waals surface area (Å²) in [5, 5.41) is 15.4. The summed E-state index contributed by atoms with van der Waals surface area (Å²) in [5.41, 5.74) is 3.48. The molecule has 9 nitrogen and oxygen atoms in total. The molecule has 1 fully saturated rings. The minimum Gasteiger partial charge on any atom is -0.379 e. The largest absolute Gasteiger partial charge is 0.379 e. The predicted molar refractivity (Wildman–Crippen MR) is 109 cm³/mol. The summed E-state index contributed by atoms with van der Waals surface area (Å²) in [4.78, 5) is 17.4. The van der Waals surface area contributed by atoms with Gasteiger partial charge in [-0.2, -0.15) is 5.10 Å². The van der Waals surface area contributed by atoms with Gasteiger partial charge < -0.3 is 14.6 Å². The van der Waals surface area contributed by atoms with Gasteiger partial charge in [-0.15, -0.1) is 10.2 Å². The topological polar surface area (TPSA) is 99.2 Å². The Kier molecular flexibility index (Phi) is 4.32. The predicted octanol–water partition coefficient (Wildman–Crippen LogP) is 1.93. The Morgan fingerprint density at radius 2 is 2.13 bits per heavy atom. The van der Waals surface area contributed by atoms with Gasteiger partial charge in [-0.3, -0.25) is 4.79 Å². The monoisotopic (exact) mass is 403 g/mol. The van der Waals surface area contributed by atoms with E-state index in [2.05, 4.69) is 31.7 Å². The number of aryl methyl sites for hydroxylation is 2. The Bertz CT molecular complexity index is 1240. The van der Waals surface area contributed by atoms with E-state index in [0.29, 0.717) is 24.6 Å². The first-order chi connectivity index (χ1) is 14.5. The summed E-state index contributed by atoms with van der Waals surface area (Å²) in [7, 11) is 1.94. The lowest BCUT2D eigenvalue weighted by atomic mass is 9.75. The number of aromatic nitrogens is 6. The van der Waals surface area contributed by atoms with Gasteiger partial charge in [0.2, 0.25) is 0 Å². The number of carbonyl (C=O) groups is 1. The minimum absolute atomic E-state index is 0.177. The van der Waals surface area contributed by atoms with Crippen molar-refractivity contribution >= 4 is 17.2 Å². The van der Waals surface area contributed by atoms with Crippen LogP contribution in [0.2, 0.25) is 0 Å². The average molecular weight is 403 g/mol. The van der Waals surface area contributed by atoms with E-state index in [9.17, 15) is 4.79 Å². The van der Waals surface area contributed by atoms with Crippen LogP contribution in [0.1, 0.15) is 27.6 Å². The van der Waals surface area contributed by atoms with E-state index in [4.69, 9.17) is 4.74 Å². The standard InChI is InChI=1S/C21H21N7O2/c1-14-8-17(28-18(24-14)6-7-23-28)20(29)25-16-5-3-4-15(9-16)21(11-30-12-21)10-19-26-22-13-27(19)2/h3-9,13H,10-12H2,1-2H3,(H,25,29). The number of hydrogen-bond acceptors (Lipinski definition) is 6. The van der Waals surface area contributed by atoms with Crippen molar-refractivity contribution < 1.29 is 9.53 Å². The molecule has 1 amide bonds. The number of fused-ring (bicyclic) bond motifs is 1. The molecule has 30 heavy (non-hydrogen) atoms. The van der Waals surface area contributed by atoms with E-state index >= 15 is 0 Å². The van der Waals surface area contributed by atoms with Crippen molar-refractivity contribution in [2.24, 2.45) is 7.05 Å². The highest BCUT2D eigenvalue weighted by Crippen LogP contribution is 2.36. The van der Waals surface area contributed by atoms with Gasteiger partial charge in [-0.05, 0) is 30.7 Å². The van der Waals surface area contributed by atoms with Gasteiger partial charge in [0.1, 0.15) is 17.8 Å². The first-order valence-corrected chi connectivity index (χ1v) is 9.68. The van der Waals surface area contributed by atoms with Gasteiger partial charge in [0.25, 0.3) is 5.91 Å². The fourth-order valence-electron chi connectivity index (χ4n) is 3.81. The first-order valence-electron chi connectivity index (χ1n) is 9.68. The molecule has 0 radical (unpaired) electrons. The molecule has 1 aliphatic heterocycles. The zero-order chi connectivity index (χ0) is 20.7. The second kappa shape index (κ2) is 7.03. The van der Waals surface area contributed by atoms with Crippen LogP contribution < -0.4 is 5.32 Å². The van der Waals surface area contributed by atoms with Gasteiger partial charge in [-0.25, -0.2) is 9.50 Å². The maximum absolute atomic E-state index is 13.0. The van der Waals surface area contributed by atoms with Crippen LogP contribution in [0.3, 0.4) is 0 Å². The van der Waals surface area contributed by atoms with Crippen LogP contribution >= 0.6 is 0 Å². The molecule has 5 rings (SSSR count). The molecule has 0 spiro atoms. The molecular formula is C21H21N7O2. The normalized spacial score (nSPS) is 15.1. The maximum Gasteiger partial charge on any atom is 0.274 e. The number of rotatable bonds is 5. The van der Waals surface area contributed by atoms with Gasteiger partial charge in [-0.1, -0.05) is 12.1 Å². The highest BCUT2D eigenvalue weighted by Gasteiger charge is 2.41. The SMILES string of the molecule is Cc1cc(C(=O)Nc2cccc(C3(Cc4nncn4C)COC3)c2)n2nccc2n1. The van der Waals surface area contributed by atoms with Crippen LogP contribution in [0.25, 0.3) is 5.65 Å². The third-order valence-corrected chi connectivity index (χ3v) is 5.51. The lowest BCUT2D eigenvalue weighted by Crippen LogP contribution is -2.49. The van der Waals surface area contributed by atoms with E-state index in [-0.39, 0.29) is 11.3 Å². The molecule has 1 aromatic carbocycles. The molecule has 0 bridgehead atoms.